The second-order valence-corrected chi connectivity index (χ2v) is 9.52. The van der Waals surface area contributed by atoms with Gasteiger partial charge < -0.3 is 19.7 Å². The standard InChI is InChI=1S/C20H25N4O11P/c1-9-5-23(19(29)21-17(9)27)15-3-11(26)14(34-15)8-32-36(31)35-12-4-16(33-13(12)7-25)24-6-10(2)18(28)22-20(24)30/h5-6,11-16,25-26H,3-4,7-8H2,1-2H3,(H-,21,22,27,28,29,30)/p+1/t11-,12-,13-,14-,15-,16-/m1/s1. The Morgan fingerprint density at radius 3 is 2.06 bits per heavy atom. The van der Waals surface area contributed by atoms with E-state index in [1.165, 1.54) is 26.2 Å². The minimum atomic E-state index is -2.74. The molecule has 16 heteroatoms. The van der Waals surface area contributed by atoms with Crippen molar-refractivity contribution >= 4 is 8.25 Å². The molecule has 4 heterocycles. The molecule has 0 amide bonds. The summed E-state index contributed by atoms with van der Waals surface area (Å²) < 4.78 is 36.6. The molecule has 0 aliphatic carbocycles. The second-order valence-electron chi connectivity index (χ2n) is 8.60. The average Bonchev–Trinajstić information content (AvgIpc) is 3.40. The summed E-state index contributed by atoms with van der Waals surface area (Å²) in [5, 5.41) is 19.9. The number of ether oxygens (including phenoxy) is 2. The van der Waals surface area contributed by atoms with Gasteiger partial charge in [0.05, 0.1) is 12.7 Å². The molecular weight excluding hydrogens is 503 g/mol. The smallest absolute Gasteiger partial charge is 0.394 e. The highest BCUT2D eigenvalue weighted by molar-refractivity contribution is 7.33. The molecule has 0 spiro atoms. The zero-order chi connectivity index (χ0) is 26.1. The van der Waals surface area contributed by atoms with Crippen LogP contribution in [0.1, 0.15) is 36.4 Å². The molecule has 2 aliphatic heterocycles. The van der Waals surface area contributed by atoms with Gasteiger partial charge in [-0.1, -0.05) is 0 Å². The number of aromatic nitrogens is 4. The Hall–Kier alpha value is -2.78. The van der Waals surface area contributed by atoms with Crippen LogP contribution >= 0.6 is 8.25 Å². The van der Waals surface area contributed by atoms with Gasteiger partial charge in [0.1, 0.15) is 37.4 Å². The van der Waals surface area contributed by atoms with Gasteiger partial charge in [-0.25, -0.2) is 9.59 Å². The summed E-state index contributed by atoms with van der Waals surface area (Å²) in [6.45, 7) is 2.23. The summed E-state index contributed by atoms with van der Waals surface area (Å²) >= 11 is 0. The van der Waals surface area contributed by atoms with Crippen LogP contribution < -0.4 is 22.5 Å². The number of hydrogen-bond acceptors (Lipinski definition) is 11. The van der Waals surface area contributed by atoms with E-state index < -0.39 is 74.2 Å². The molecular formula is C20H26N4O11P+. The quantitative estimate of drug-likeness (QED) is 0.296. The third kappa shape index (κ3) is 5.47. The lowest BCUT2D eigenvalue weighted by atomic mass is 10.2. The Labute approximate surface area is 203 Å². The first-order chi connectivity index (χ1) is 17.1. The molecule has 4 N–H and O–H groups in total. The van der Waals surface area contributed by atoms with Crippen molar-refractivity contribution in [2.24, 2.45) is 0 Å². The fourth-order valence-electron chi connectivity index (χ4n) is 4.06. The first kappa shape index (κ1) is 26.3. The van der Waals surface area contributed by atoms with Gasteiger partial charge >= 0.3 is 19.6 Å². The highest BCUT2D eigenvalue weighted by Crippen LogP contribution is 2.38. The SMILES string of the molecule is Cc1cn([C@H]2C[C@@H](O)[C@@H](CO[P+](=O)O[C@@H]3C[C@H](n4cc(C)c(=O)[nH]c4=O)O[C@@H]3CO)O2)c(=O)[nH]c1=O. The van der Waals surface area contributed by atoms with Gasteiger partial charge in [-0.3, -0.25) is 28.7 Å². The molecule has 0 aromatic carbocycles. The minimum Gasteiger partial charge on any atom is -0.394 e. The van der Waals surface area contributed by atoms with Gasteiger partial charge in [-0.2, -0.15) is 0 Å². The average molecular weight is 529 g/mol. The molecule has 1 unspecified atom stereocenters. The van der Waals surface area contributed by atoms with Gasteiger partial charge in [0.15, 0.2) is 0 Å². The largest absolute Gasteiger partial charge is 0.697 e. The van der Waals surface area contributed by atoms with Gasteiger partial charge in [-0.05, 0) is 13.8 Å². The van der Waals surface area contributed by atoms with Crippen LogP contribution in [-0.4, -0.2) is 66.9 Å². The maximum Gasteiger partial charge on any atom is 0.697 e. The van der Waals surface area contributed by atoms with Crippen molar-refractivity contribution in [2.75, 3.05) is 13.2 Å². The van der Waals surface area contributed by atoms with E-state index >= 15 is 0 Å². The number of aliphatic hydroxyl groups is 2. The predicted molar refractivity (Wildman–Crippen MR) is 121 cm³/mol. The summed E-state index contributed by atoms with van der Waals surface area (Å²) in [5.41, 5.74) is -1.88. The Morgan fingerprint density at radius 2 is 1.50 bits per heavy atom. The van der Waals surface area contributed by atoms with E-state index in [-0.39, 0.29) is 25.0 Å². The number of aryl methyl sites for hydroxylation is 2. The third-order valence-corrected chi connectivity index (χ3v) is 6.85. The van der Waals surface area contributed by atoms with Crippen molar-refractivity contribution in [3.05, 3.63) is 65.2 Å². The summed E-state index contributed by atoms with van der Waals surface area (Å²) in [4.78, 5) is 51.7. The zero-order valence-electron chi connectivity index (χ0n) is 19.4. The highest BCUT2D eigenvalue weighted by atomic mass is 31.1. The summed E-state index contributed by atoms with van der Waals surface area (Å²) in [7, 11) is -2.74. The van der Waals surface area contributed by atoms with Crippen LogP contribution in [0.15, 0.2) is 31.6 Å². The van der Waals surface area contributed by atoms with Crippen molar-refractivity contribution in [3.63, 3.8) is 0 Å². The minimum absolute atomic E-state index is 0.0368. The van der Waals surface area contributed by atoms with Gasteiger partial charge in [-0.15, -0.1) is 9.05 Å². The monoisotopic (exact) mass is 529 g/mol. The molecule has 196 valence electrons. The number of nitrogens with zero attached hydrogens (tertiary/aromatic N) is 2. The molecule has 2 aromatic rings. The van der Waals surface area contributed by atoms with Crippen molar-refractivity contribution in [1.82, 2.24) is 19.1 Å². The van der Waals surface area contributed by atoms with Crippen molar-refractivity contribution in [3.8, 4) is 0 Å². The van der Waals surface area contributed by atoms with Gasteiger partial charge in [0.25, 0.3) is 11.1 Å². The summed E-state index contributed by atoms with van der Waals surface area (Å²) in [6.07, 6.45) is -2.80. The normalized spacial score (nSPS) is 28.5. The molecule has 0 radical (unpaired) electrons. The Balaban J connectivity index is 1.35. The summed E-state index contributed by atoms with van der Waals surface area (Å²) in [6, 6.07) is 0. The highest BCUT2D eigenvalue weighted by Gasteiger charge is 2.44. The van der Waals surface area contributed by atoms with Crippen LogP contribution in [-0.2, 0) is 23.1 Å². The molecule has 2 saturated heterocycles. The van der Waals surface area contributed by atoms with E-state index in [0.717, 1.165) is 9.13 Å². The number of H-pyrrole nitrogens is 2. The first-order valence-corrected chi connectivity index (χ1v) is 12.2. The van der Waals surface area contributed by atoms with Crippen molar-refractivity contribution in [2.45, 2.75) is 63.6 Å². The maximum absolute atomic E-state index is 12.4. The summed E-state index contributed by atoms with van der Waals surface area (Å²) in [5.74, 6) is 0. The number of nitrogens with one attached hydrogen (secondary N) is 2. The fraction of sp³-hybridized carbons (Fsp3) is 0.600. The molecule has 4 rings (SSSR count). The van der Waals surface area contributed by atoms with Crippen LogP contribution in [0.5, 0.6) is 0 Å². The molecule has 7 atom stereocenters. The topological polar surface area (TPSA) is 204 Å². The van der Waals surface area contributed by atoms with E-state index in [4.69, 9.17) is 18.5 Å². The van der Waals surface area contributed by atoms with Crippen LogP contribution in [0.2, 0.25) is 0 Å². The number of rotatable bonds is 8. The van der Waals surface area contributed by atoms with Crippen molar-refractivity contribution in [1.29, 1.82) is 0 Å². The maximum atomic E-state index is 12.4. The Bertz CT molecular complexity index is 1360. The molecule has 2 aromatic heterocycles. The lowest BCUT2D eigenvalue weighted by Gasteiger charge is -2.14. The van der Waals surface area contributed by atoms with E-state index in [0.29, 0.717) is 5.56 Å². The van der Waals surface area contributed by atoms with Crippen molar-refractivity contribution < 1.29 is 33.3 Å². The Kier molecular flexibility index (Phi) is 7.80. The molecule has 2 aliphatic rings. The Morgan fingerprint density at radius 1 is 0.972 bits per heavy atom. The lowest BCUT2D eigenvalue weighted by molar-refractivity contribution is -0.0504. The van der Waals surface area contributed by atoms with Crippen LogP contribution in [0, 0.1) is 13.8 Å². The molecule has 2 fully saturated rings. The second kappa shape index (κ2) is 10.7. The number of hydrogen-bond donors (Lipinski definition) is 4. The van der Waals surface area contributed by atoms with Crippen LogP contribution in [0.3, 0.4) is 0 Å². The molecule has 15 nitrogen and oxygen atoms in total. The van der Waals surface area contributed by atoms with Gasteiger partial charge in [0.2, 0.25) is 0 Å². The number of aromatic amines is 2. The van der Waals surface area contributed by atoms with E-state index in [1.807, 2.05) is 0 Å². The molecule has 36 heavy (non-hydrogen) atoms. The van der Waals surface area contributed by atoms with E-state index in [9.17, 15) is 34.0 Å². The van der Waals surface area contributed by atoms with E-state index in [2.05, 4.69) is 9.97 Å². The fourth-order valence-corrected chi connectivity index (χ4v) is 4.83. The van der Waals surface area contributed by atoms with Crippen LogP contribution in [0.4, 0.5) is 0 Å². The first-order valence-electron chi connectivity index (χ1n) is 11.1. The van der Waals surface area contributed by atoms with Gasteiger partial charge in [0, 0.05) is 40.9 Å². The van der Waals surface area contributed by atoms with E-state index in [1.54, 1.807) is 0 Å². The third-order valence-electron chi connectivity index (χ3n) is 6.04. The molecule has 0 bridgehead atoms. The predicted octanol–water partition coefficient (Wildman–Crippen LogP) is -1.31. The lowest BCUT2D eigenvalue weighted by Crippen LogP contribution is -2.33. The van der Waals surface area contributed by atoms with Crippen LogP contribution in [0.25, 0.3) is 0 Å². The zero-order valence-corrected chi connectivity index (χ0v) is 20.3. The molecule has 0 saturated carbocycles. The number of aliphatic hydroxyl groups excluding tert-OH is 2.